The summed E-state index contributed by atoms with van der Waals surface area (Å²) in [6.07, 6.45) is 3.50. The van der Waals surface area contributed by atoms with E-state index in [1.165, 1.54) is 10.4 Å². The van der Waals surface area contributed by atoms with Crippen molar-refractivity contribution in [1.29, 1.82) is 0 Å². The summed E-state index contributed by atoms with van der Waals surface area (Å²) in [4.78, 5) is 0.0411. The molecule has 0 aromatic heterocycles. The second kappa shape index (κ2) is 5.99. The van der Waals surface area contributed by atoms with Gasteiger partial charge in [0.2, 0.25) is 10.0 Å². The predicted molar refractivity (Wildman–Crippen MR) is 80.3 cm³/mol. The monoisotopic (exact) mass is 364 g/mol. The van der Waals surface area contributed by atoms with Crippen LogP contribution in [0.3, 0.4) is 0 Å². The fourth-order valence-electron chi connectivity index (χ4n) is 2.04. The number of hydrogen-bond acceptors (Lipinski definition) is 3. The molecular weight excluding hydrogens is 347 g/mol. The minimum Gasteiger partial charge on any atom is -0.396 e. The van der Waals surface area contributed by atoms with Crippen molar-refractivity contribution in [2.24, 2.45) is 0 Å². The molecule has 0 amide bonds. The third-order valence-electron chi connectivity index (χ3n) is 3.32. The highest BCUT2D eigenvalue weighted by atomic mass is 79.9. The maximum Gasteiger partial charge on any atom is 0.244 e. The third kappa shape index (κ3) is 3.15. The average Bonchev–Trinajstić information content (AvgIpc) is 3.18. The molecule has 112 valence electrons. The molecular formula is C13H18BrFN2O2S. The van der Waals surface area contributed by atoms with Crippen LogP contribution in [0.15, 0.2) is 21.5 Å². The number of unbranched alkanes of at least 4 members (excludes halogenated alkanes) is 1. The molecule has 1 fully saturated rings. The highest BCUT2D eigenvalue weighted by Gasteiger charge is 2.38. The Morgan fingerprint density at radius 3 is 2.65 bits per heavy atom. The van der Waals surface area contributed by atoms with Crippen LogP contribution in [0.5, 0.6) is 0 Å². The molecule has 7 heteroatoms. The molecule has 0 unspecified atom stereocenters. The highest BCUT2D eigenvalue weighted by molar-refractivity contribution is 9.10. The fraction of sp³-hybridized carbons (Fsp3) is 0.538. The number of halogens is 2. The predicted octanol–water partition coefficient (Wildman–Crippen LogP) is 3.12. The Labute approximate surface area is 127 Å². The lowest BCUT2D eigenvalue weighted by molar-refractivity contribution is 0.395. The quantitative estimate of drug-likeness (QED) is 0.788. The van der Waals surface area contributed by atoms with E-state index in [1.807, 2.05) is 6.92 Å². The molecule has 1 saturated carbocycles. The third-order valence-corrected chi connectivity index (χ3v) is 6.23. The zero-order chi connectivity index (χ0) is 14.9. The molecule has 1 aliphatic carbocycles. The summed E-state index contributed by atoms with van der Waals surface area (Å²) in [5.74, 6) is -0.623. The number of nitrogen functional groups attached to an aromatic ring is 1. The van der Waals surface area contributed by atoms with Gasteiger partial charge in [0.05, 0.1) is 10.6 Å². The summed E-state index contributed by atoms with van der Waals surface area (Å²) in [5, 5.41) is 0. The number of benzene rings is 1. The Bertz CT molecular complexity index is 603. The van der Waals surface area contributed by atoms with Gasteiger partial charge in [0.15, 0.2) is 0 Å². The van der Waals surface area contributed by atoms with Gasteiger partial charge < -0.3 is 5.73 Å². The van der Waals surface area contributed by atoms with Gasteiger partial charge in [-0.1, -0.05) is 13.3 Å². The van der Waals surface area contributed by atoms with E-state index in [1.54, 1.807) is 0 Å². The van der Waals surface area contributed by atoms with Crippen LogP contribution in [0.2, 0.25) is 0 Å². The Morgan fingerprint density at radius 1 is 1.45 bits per heavy atom. The molecule has 1 aliphatic rings. The maximum atomic E-state index is 13.4. The van der Waals surface area contributed by atoms with Gasteiger partial charge in [0.25, 0.3) is 0 Å². The molecule has 0 saturated heterocycles. The van der Waals surface area contributed by atoms with E-state index in [0.717, 1.165) is 31.7 Å². The average molecular weight is 365 g/mol. The van der Waals surface area contributed by atoms with E-state index < -0.39 is 15.8 Å². The van der Waals surface area contributed by atoms with Crippen LogP contribution in [0, 0.1) is 5.82 Å². The van der Waals surface area contributed by atoms with E-state index in [2.05, 4.69) is 15.9 Å². The SMILES string of the molecule is CCCCN(C1CC1)S(=O)(=O)c1cc(N)c(F)cc1Br. The summed E-state index contributed by atoms with van der Waals surface area (Å²) in [7, 11) is -3.64. The number of anilines is 1. The van der Waals surface area contributed by atoms with Gasteiger partial charge in [0.1, 0.15) is 5.82 Å². The topological polar surface area (TPSA) is 63.4 Å². The Hall–Kier alpha value is -0.660. The van der Waals surface area contributed by atoms with E-state index in [0.29, 0.717) is 6.54 Å². The zero-order valence-electron chi connectivity index (χ0n) is 11.3. The van der Waals surface area contributed by atoms with Gasteiger partial charge in [-0.3, -0.25) is 0 Å². The zero-order valence-corrected chi connectivity index (χ0v) is 13.7. The summed E-state index contributed by atoms with van der Waals surface area (Å²) >= 11 is 3.12. The molecule has 0 heterocycles. The van der Waals surface area contributed by atoms with Crippen LogP contribution >= 0.6 is 15.9 Å². The van der Waals surface area contributed by atoms with E-state index >= 15 is 0 Å². The van der Waals surface area contributed by atoms with Gasteiger partial charge in [0, 0.05) is 17.1 Å². The summed E-state index contributed by atoms with van der Waals surface area (Å²) in [6, 6.07) is 2.37. The van der Waals surface area contributed by atoms with Crippen molar-refractivity contribution in [2.45, 2.75) is 43.5 Å². The molecule has 0 bridgehead atoms. The van der Waals surface area contributed by atoms with Crippen molar-refractivity contribution < 1.29 is 12.8 Å². The lowest BCUT2D eigenvalue weighted by Crippen LogP contribution is -2.34. The summed E-state index contributed by atoms with van der Waals surface area (Å²) in [6.45, 7) is 2.51. The number of nitrogens with two attached hydrogens (primary N) is 1. The van der Waals surface area contributed by atoms with Crippen LogP contribution in [0.4, 0.5) is 10.1 Å². The van der Waals surface area contributed by atoms with E-state index in [9.17, 15) is 12.8 Å². The number of hydrogen-bond donors (Lipinski definition) is 1. The second-order valence-electron chi connectivity index (χ2n) is 5.00. The first kappa shape index (κ1) is 15.7. The minimum absolute atomic E-state index is 0.0411. The van der Waals surface area contributed by atoms with Crippen molar-refractivity contribution in [3.8, 4) is 0 Å². The van der Waals surface area contributed by atoms with Gasteiger partial charge >= 0.3 is 0 Å². The second-order valence-corrected chi connectivity index (χ2v) is 7.72. The van der Waals surface area contributed by atoms with Crippen molar-refractivity contribution in [3.63, 3.8) is 0 Å². The van der Waals surface area contributed by atoms with Gasteiger partial charge in [-0.2, -0.15) is 4.31 Å². The van der Waals surface area contributed by atoms with Crippen LogP contribution in [-0.2, 0) is 10.0 Å². The summed E-state index contributed by atoms with van der Waals surface area (Å²) in [5.41, 5.74) is 5.34. The number of sulfonamides is 1. The van der Waals surface area contributed by atoms with Crippen LogP contribution in [-0.4, -0.2) is 25.3 Å². The normalized spacial score (nSPS) is 15.8. The molecule has 20 heavy (non-hydrogen) atoms. The standard InChI is InChI=1S/C13H18BrFN2O2S/c1-2-3-6-17(9-4-5-9)20(18,19)13-8-12(16)11(15)7-10(13)14/h7-9H,2-6,16H2,1H3. The van der Waals surface area contributed by atoms with Crippen LogP contribution in [0.25, 0.3) is 0 Å². The number of nitrogens with zero attached hydrogens (tertiary/aromatic N) is 1. The Balaban J connectivity index is 2.39. The van der Waals surface area contributed by atoms with Gasteiger partial charge in [-0.05, 0) is 47.3 Å². The molecule has 2 rings (SSSR count). The molecule has 1 aromatic rings. The van der Waals surface area contributed by atoms with Crippen molar-refractivity contribution in [3.05, 3.63) is 22.4 Å². The van der Waals surface area contributed by atoms with Crippen molar-refractivity contribution in [1.82, 2.24) is 4.31 Å². The molecule has 0 spiro atoms. The van der Waals surface area contributed by atoms with E-state index in [4.69, 9.17) is 5.73 Å². The van der Waals surface area contributed by atoms with Gasteiger partial charge in [-0.15, -0.1) is 0 Å². The molecule has 2 N–H and O–H groups in total. The smallest absolute Gasteiger partial charge is 0.244 e. The van der Waals surface area contributed by atoms with Crippen molar-refractivity contribution >= 4 is 31.6 Å². The molecule has 4 nitrogen and oxygen atoms in total. The lowest BCUT2D eigenvalue weighted by atomic mass is 10.3. The Morgan fingerprint density at radius 2 is 2.10 bits per heavy atom. The molecule has 0 radical (unpaired) electrons. The fourth-order valence-corrected chi connectivity index (χ4v) is 4.78. The first-order valence-electron chi connectivity index (χ1n) is 6.64. The first-order chi connectivity index (χ1) is 9.37. The minimum atomic E-state index is -3.64. The van der Waals surface area contributed by atoms with Crippen LogP contribution in [0.1, 0.15) is 32.6 Å². The molecule has 0 aliphatic heterocycles. The molecule has 0 atom stereocenters. The number of rotatable bonds is 6. The largest absolute Gasteiger partial charge is 0.396 e. The molecule has 1 aromatic carbocycles. The van der Waals surface area contributed by atoms with Crippen molar-refractivity contribution in [2.75, 3.05) is 12.3 Å². The lowest BCUT2D eigenvalue weighted by Gasteiger charge is -2.22. The highest BCUT2D eigenvalue weighted by Crippen LogP contribution is 2.35. The first-order valence-corrected chi connectivity index (χ1v) is 8.87. The van der Waals surface area contributed by atoms with E-state index in [-0.39, 0.29) is 21.1 Å². The maximum absolute atomic E-state index is 13.4. The van der Waals surface area contributed by atoms with Crippen LogP contribution < -0.4 is 5.73 Å². The Kier molecular flexibility index (Phi) is 4.71. The van der Waals surface area contributed by atoms with Gasteiger partial charge in [-0.25, -0.2) is 12.8 Å². The summed E-state index contributed by atoms with van der Waals surface area (Å²) < 4.78 is 40.5.